The Labute approximate surface area is 169 Å². The Hall–Kier alpha value is -3.28. The number of fused-ring (bicyclic) bond motifs is 1. The fourth-order valence-corrected chi connectivity index (χ4v) is 3.96. The van der Waals surface area contributed by atoms with Crippen molar-refractivity contribution in [2.45, 2.75) is 32.7 Å². The van der Waals surface area contributed by atoms with Gasteiger partial charge in [-0.2, -0.15) is 0 Å². The maximum absolute atomic E-state index is 13.4. The van der Waals surface area contributed by atoms with Crippen molar-refractivity contribution in [1.29, 1.82) is 0 Å². The molecule has 1 atom stereocenters. The molecule has 4 rings (SSSR count). The molecular formula is C23H25N3O3. The van der Waals surface area contributed by atoms with Crippen molar-refractivity contribution in [3.63, 3.8) is 0 Å². The molecular weight excluding hydrogens is 366 g/mol. The SMILES string of the molecule is CCNn1c(C)c(C(=O)N[C@H](c2ccccc2)C2CC2)c2cccc(O)c2c1=O. The van der Waals surface area contributed by atoms with Gasteiger partial charge >= 0.3 is 0 Å². The van der Waals surface area contributed by atoms with Crippen LogP contribution < -0.4 is 16.3 Å². The molecule has 1 aliphatic rings. The van der Waals surface area contributed by atoms with Gasteiger partial charge in [-0.25, -0.2) is 4.68 Å². The number of carbonyl (C=O) groups is 1. The minimum Gasteiger partial charge on any atom is -0.507 e. The molecule has 2 aromatic carbocycles. The number of rotatable bonds is 6. The molecule has 6 heteroatoms. The number of phenols is 1. The van der Waals surface area contributed by atoms with E-state index in [0.717, 1.165) is 18.4 Å². The Morgan fingerprint density at radius 3 is 2.55 bits per heavy atom. The molecule has 0 saturated heterocycles. The number of hydrogen-bond donors (Lipinski definition) is 3. The first-order valence-electron chi connectivity index (χ1n) is 10.00. The molecule has 1 amide bonds. The molecule has 29 heavy (non-hydrogen) atoms. The van der Waals surface area contributed by atoms with Gasteiger partial charge in [0.25, 0.3) is 11.5 Å². The molecule has 150 valence electrons. The number of pyridine rings is 1. The second-order valence-electron chi connectivity index (χ2n) is 7.51. The Morgan fingerprint density at radius 2 is 1.90 bits per heavy atom. The quantitative estimate of drug-likeness (QED) is 0.601. The van der Waals surface area contributed by atoms with E-state index in [0.29, 0.717) is 29.1 Å². The number of carbonyl (C=O) groups excluding carboxylic acids is 1. The molecule has 6 nitrogen and oxygen atoms in total. The molecule has 3 N–H and O–H groups in total. The summed E-state index contributed by atoms with van der Waals surface area (Å²) in [5.74, 6) is 0.0431. The Kier molecular flexibility index (Phi) is 5.01. The van der Waals surface area contributed by atoms with E-state index in [1.807, 2.05) is 37.3 Å². The standard InChI is InChI=1S/C23H25N3O3/c1-3-24-26-14(2)19(17-10-7-11-18(27)20(17)23(26)29)22(28)25-21(16-12-13-16)15-8-5-4-6-9-15/h4-11,16,21,24,27H,3,12-13H2,1-2H3,(H,25,28)/t21-/m1/s1. The predicted octanol–water partition coefficient (Wildman–Crippen LogP) is 3.46. The molecule has 0 unspecified atom stereocenters. The van der Waals surface area contributed by atoms with E-state index < -0.39 is 0 Å². The average Bonchev–Trinajstić information content (AvgIpc) is 3.55. The Balaban J connectivity index is 1.83. The van der Waals surface area contributed by atoms with Gasteiger partial charge < -0.3 is 15.8 Å². The lowest BCUT2D eigenvalue weighted by Crippen LogP contribution is -2.36. The van der Waals surface area contributed by atoms with Crippen molar-refractivity contribution in [2.75, 3.05) is 12.0 Å². The molecule has 0 radical (unpaired) electrons. The van der Waals surface area contributed by atoms with Crippen LogP contribution in [-0.4, -0.2) is 22.2 Å². The first-order chi connectivity index (χ1) is 14.0. The highest BCUT2D eigenvalue weighted by Crippen LogP contribution is 2.41. The number of nitrogens with zero attached hydrogens (tertiary/aromatic N) is 1. The largest absolute Gasteiger partial charge is 0.507 e. The zero-order chi connectivity index (χ0) is 20.5. The summed E-state index contributed by atoms with van der Waals surface area (Å²) in [7, 11) is 0. The zero-order valence-corrected chi connectivity index (χ0v) is 16.6. The van der Waals surface area contributed by atoms with E-state index in [-0.39, 0.29) is 28.6 Å². The number of nitrogens with one attached hydrogen (secondary N) is 2. The van der Waals surface area contributed by atoms with E-state index in [4.69, 9.17) is 0 Å². The lowest BCUT2D eigenvalue weighted by molar-refractivity contribution is 0.0932. The Bertz CT molecular complexity index is 1120. The first-order valence-corrected chi connectivity index (χ1v) is 10.00. The van der Waals surface area contributed by atoms with Crippen LogP contribution in [-0.2, 0) is 0 Å². The highest BCUT2D eigenvalue weighted by atomic mass is 16.3. The maximum Gasteiger partial charge on any atom is 0.280 e. The number of aromatic nitrogens is 1. The second kappa shape index (κ2) is 7.62. The first kappa shape index (κ1) is 19.1. The van der Waals surface area contributed by atoms with Gasteiger partial charge in [-0.15, -0.1) is 0 Å². The lowest BCUT2D eigenvalue weighted by atomic mass is 9.99. The number of aromatic hydroxyl groups is 1. The third kappa shape index (κ3) is 3.46. The number of benzene rings is 2. The summed E-state index contributed by atoms with van der Waals surface area (Å²) in [6.45, 7) is 4.13. The number of hydrogen-bond acceptors (Lipinski definition) is 4. The van der Waals surface area contributed by atoms with Crippen molar-refractivity contribution < 1.29 is 9.90 Å². The van der Waals surface area contributed by atoms with E-state index in [9.17, 15) is 14.7 Å². The van der Waals surface area contributed by atoms with Crippen molar-refractivity contribution in [1.82, 2.24) is 9.99 Å². The summed E-state index contributed by atoms with van der Waals surface area (Å²) in [4.78, 5) is 26.3. The number of amides is 1. The fourth-order valence-electron chi connectivity index (χ4n) is 3.96. The van der Waals surface area contributed by atoms with E-state index in [1.165, 1.54) is 10.7 Å². The van der Waals surface area contributed by atoms with Crippen LogP contribution >= 0.6 is 0 Å². The maximum atomic E-state index is 13.4. The van der Waals surface area contributed by atoms with Crippen molar-refractivity contribution >= 4 is 16.7 Å². The molecule has 3 aromatic rings. The summed E-state index contributed by atoms with van der Waals surface area (Å²) in [6.07, 6.45) is 2.16. The van der Waals surface area contributed by atoms with Crippen LogP contribution in [0.5, 0.6) is 5.75 Å². The van der Waals surface area contributed by atoms with E-state index in [2.05, 4.69) is 10.7 Å². The van der Waals surface area contributed by atoms with Crippen LogP contribution in [0.15, 0.2) is 53.3 Å². The average molecular weight is 391 g/mol. The molecule has 0 spiro atoms. The minimum absolute atomic E-state index is 0.0741. The molecule has 1 aromatic heterocycles. The molecule has 0 bridgehead atoms. The van der Waals surface area contributed by atoms with Gasteiger partial charge in [0.2, 0.25) is 0 Å². The van der Waals surface area contributed by atoms with Crippen LogP contribution in [0.1, 0.15) is 47.4 Å². The third-order valence-electron chi connectivity index (χ3n) is 5.51. The van der Waals surface area contributed by atoms with E-state index in [1.54, 1.807) is 19.1 Å². The molecule has 1 aliphatic carbocycles. The predicted molar refractivity (Wildman–Crippen MR) is 114 cm³/mol. The van der Waals surface area contributed by atoms with Gasteiger partial charge in [0.1, 0.15) is 5.75 Å². The summed E-state index contributed by atoms with van der Waals surface area (Å²) in [5, 5.41) is 14.1. The summed E-state index contributed by atoms with van der Waals surface area (Å²) >= 11 is 0. The summed E-state index contributed by atoms with van der Waals surface area (Å²) in [5.41, 5.74) is 4.63. The van der Waals surface area contributed by atoms with Gasteiger partial charge in [0.15, 0.2) is 0 Å². The highest BCUT2D eigenvalue weighted by molar-refractivity contribution is 6.09. The topological polar surface area (TPSA) is 83.4 Å². The Morgan fingerprint density at radius 1 is 1.17 bits per heavy atom. The number of phenolic OH excluding ortho intramolecular Hbond substituents is 1. The zero-order valence-electron chi connectivity index (χ0n) is 16.6. The lowest BCUT2D eigenvalue weighted by Gasteiger charge is -2.22. The third-order valence-corrected chi connectivity index (χ3v) is 5.51. The van der Waals surface area contributed by atoms with Gasteiger partial charge in [0.05, 0.1) is 22.7 Å². The van der Waals surface area contributed by atoms with Gasteiger partial charge in [0, 0.05) is 11.9 Å². The second-order valence-corrected chi connectivity index (χ2v) is 7.51. The van der Waals surface area contributed by atoms with Crippen LogP contribution in [0, 0.1) is 12.8 Å². The van der Waals surface area contributed by atoms with Crippen LogP contribution in [0.4, 0.5) is 0 Å². The molecule has 0 aliphatic heterocycles. The fraction of sp³-hybridized carbons (Fsp3) is 0.304. The van der Waals surface area contributed by atoms with Crippen LogP contribution in [0.25, 0.3) is 10.8 Å². The van der Waals surface area contributed by atoms with Gasteiger partial charge in [-0.3, -0.25) is 9.59 Å². The van der Waals surface area contributed by atoms with Crippen molar-refractivity contribution in [2.24, 2.45) is 5.92 Å². The summed E-state index contributed by atoms with van der Waals surface area (Å²) in [6, 6.07) is 14.7. The van der Waals surface area contributed by atoms with Crippen molar-refractivity contribution in [3.05, 3.63) is 75.7 Å². The van der Waals surface area contributed by atoms with Gasteiger partial charge in [-0.05, 0) is 44.2 Å². The molecule has 1 fully saturated rings. The van der Waals surface area contributed by atoms with Crippen LogP contribution in [0.3, 0.4) is 0 Å². The van der Waals surface area contributed by atoms with Gasteiger partial charge in [-0.1, -0.05) is 42.5 Å². The normalized spacial score (nSPS) is 14.6. The van der Waals surface area contributed by atoms with E-state index >= 15 is 0 Å². The van der Waals surface area contributed by atoms with Crippen molar-refractivity contribution in [3.8, 4) is 5.75 Å². The highest BCUT2D eigenvalue weighted by Gasteiger charge is 2.34. The monoisotopic (exact) mass is 391 g/mol. The summed E-state index contributed by atoms with van der Waals surface area (Å²) < 4.78 is 1.35. The smallest absolute Gasteiger partial charge is 0.280 e. The molecule has 1 saturated carbocycles. The molecule has 1 heterocycles. The minimum atomic E-state index is -0.365. The van der Waals surface area contributed by atoms with Crippen LogP contribution in [0.2, 0.25) is 0 Å².